The van der Waals surface area contributed by atoms with Crippen LogP contribution in [0, 0.1) is 0 Å². The van der Waals surface area contributed by atoms with Gasteiger partial charge in [0.2, 0.25) is 10.0 Å². The fraction of sp³-hybridized carbons (Fsp3) is 0. The molecule has 2 rings (SSSR count). The quantitative estimate of drug-likeness (QED) is 0.826. The normalized spacial score (nSPS) is 11.1. The fourth-order valence-corrected chi connectivity index (χ4v) is 4.47. The summed E-state index contributed by atoms with van der Waals surface area (Å²) in [4.78, 5) is 0.886. The monoisotopic (exact) mass is 356 g/mol. The standard InChI is InChI=1S/C10H9ClN2O2S3.ClH/c11-7-5-6(1-2-8(7)12)16-9-3-4-10(17-9)18(13,14)15;/h1-5H,12H2,(H2,13,14,15);1H. The maximum Gasteiger partial charge on any atom is 0.247 e. The highest BCUT2D eigenvalue weighted by Crippen LogP contribution is 2.36. The zero-order valence-corrected chi connectivity index (χ0v) is 13.4. The van der Waals surface area contributed by atoms with E-state index in [2.05, 4.69) is 0 Å². The van der Waals surface area contributed by atoms with E-state index >= 15 is 0 Å². The number of anilines is 1. The van der Waals surface area contributed by atoms with Gasteiger partial charge < -0.3 is 5.73 Å². The molecule has 4 N–H and O–H groups in total. The van der Waals surface area contributed by atoms with Gasteiger partial charge in [0.15, 0.2) is 0 Å². The van der Waals surface area contributed by atoms with Gasteiger partial charge in [-0.05, 0) is 30.3 Å². The van der Waals surface area contributed by atoms with E-state index in [1.807, 2.05) is 6.07 Å². The van der Waals surface area contributed by atoms with Gasteiger partial charge in [-0.25, -0.2) is 13.6 Å². The predicted octanol–water partition coefficient (Wildman–Crippen LogP) is 3.20. The van der Waals surface area contributed by atoms with Crippen molar-refractivity contribution in [1.82, 2.24) is 0 Å². The molecule has 19 heavy (non-hydrogen) atoms. The molecule has 104 valence electrons. The topological polar surface area (TPSA) is 86.2 Å². The predicted molar refractivity (Wildman–Crippen MR) is 82.9 cm³/mol. The molecule has 0 saturated heterocycles. The lowest BCUT2D eigenvalue weighted by Gasteiger charge is -2.01. The second-order valence-corrected chi connectivity index (χ2v) is 8.06. The van der Waals surface area contributed by atoms with Crippen LogP contribution in [0.3, 0.4) is 0 Å². The summed E-state index contributed by atoms with van der Waals surface area (Å²) in [7, 11) is -3.63. The van der Waals surface area contributed by atoms with Crippen LogP contribution >= 0.6 is 47.1 Å². The summed E-state index contributed by atoms with van der Waals surface area (Å²) in [6, 6.07) is 8.46. The number of hydrogen-bond donors (Lipinski definition) is 2. The molecule has 0 radical (unpaired) electrons. The number of thiophene rings is 1. The number of primary sulfonamides is 1. The highest BCUT2D eigenvalue weighted by Gasteiger charge is 2.12. The molecule has 0 bridgehead atoms. The molecule has 0 spiro atoms. The van der Waals surface area contributed by atoms with Crippen molar-refractivity contribution in [2.75, 3.05) is 5.73 Å². The van der Waals surface area contributed by atoms with E-state index in [1.165, 1.54) is 17.8 Å². The molecule has 0 aliphatic rings. The molecule has 1 aromatic heterocycles. The Bertz CT molecular complexity index is 686. The summed E-state index contributed by atoms with van der Waals surface area (Å²) in [5, 5.41) is 5.52. The minimum atomic E-state index is -3.63. The van der Waals surface area contributed by atoms with Crippen LogP contribution in [0.2, 0.25) is 5.02 Å². The van der Waals surface area contributed by atoms with E-state index < -0.39 is 10.0 Å². The lowest BCUT2D eigenvalue weighted by atomic mass is 10.3. The Balaban J connectivity index is 0.00000180. The molecule has 0 amide bonds. The summed E-state index contributed by atoms with van der Waals surface area (Å²) < 4.78 is 23.2. The average Bonchev–Trinajstić information content (AvgIpc) is 2.72. The van der Waals surface area contributed by atoms with Crippen molar-refractivity contribution in [3.05, 3.63) is 35.4 Å². The number of sulfonamides is 1. The number of rotatable bonds is 3. The summed E-state index contributed by atoms with van der Waals surface area (Å²) in [5.74, 6) is 0. The van der Waals surface area contributed by atoms with E-state index in [4.69, 9.17) is 22.5 Å². The van der Waals surface area contributed by atoms with Gasteiger partial charge in [0, 0.05) is 4.90 Å². The summed E-state index contributed by atoms with van der Waals surface area (Å²) in [6.45, 7) is 0. The van der Waals surface area contributed by atoms with Gasteiger partial charge >= 0.3 is 0 Å². The van der Waals surface area contributed by atoms with E-state index in [0.29, 0.717) is 10.7 Å². The minimum Gasteiger partial charge on any atom is -0.398 e. The van der Waals surface area contributed by atoms with Crippen molar-refractivity contribution in [1.29, 1.82) is 0 Å². The molecule has 0 fully saturated rings. The number of hydrogen-bond acceptors (Lipinski definition) is 5. The lowest BCUT2D eigenvalue weighted by molar-refractivity contribution is 0.600. The van der Waals surface area contributed by atoms with E-state index in [0.717, 1.165) is 20.4 Å². The zero-order valence-electron chi connectivity index (χ0n) is 9.37. The molecule has 4 nitrogen and oxygen atoms in total. The first-order chi connectivity index (χ1) is 8.36. The third kappa shape index (κ3) is 4.27. The van der Waals surface area contributed by atoms with Crippen molar-refractivity contribution in [3.8, 4) is 0 Å². The molecular weight excluding hydrogens is 347 g/mol. The van der Waals surface area contributed by atoms with Gasteiger partial charge in [-0.2, -0.15) is 0 Å². The van der Waals surface area contributed by atoms with Crippen molar-refractivity contribution >= 4 is 62.8 Å². The highest BCUT2D eigenvalue weighted by molar-refractivity contribution is 8.01. The van der Waals surface area contributed by atoms with Crippen LogP contribution in [0.5, 0.6) is 0 Å². The Morgan fingerprint density at radius 1 is 1.21 bits per heavy atom. The number of nitrogen functional groups attached to an aromatic ring is 1. The van der Waals surface area contributed by atoms with Gasteiger partial charge in [0.05, 0.1) is 14.9 Å². The second-order valence-electron chi connectivity index (χ2n) is 3.40. The summed E-state index contributed by atoms with van der Waals surface area (Å²) in [6.07, 6.45) is 0. The van der Waals surface area contributed by atoms with Gasteiger partial charge in [0.1, 0.15) is 4.21 Å². The number of benzene rings is 1. The van der Waals surface area contributed by atoms with Gasteiger partial charge in [-0.3, -0.25) is 0 Å². The van der Waals surface area contributed by atoms with Crippen LogP contribution in [0.25, 0.3) is 0 Å². The van der Waals surface area contributed by atoms with Crippen molar-refractivity contribution in [2.45, 2.75) is 13.3 Å². The first kappa shape index (κ1) is 16.6. The van der Waals surface area contributed by atoms with E-state index in [-0.39, 0.29) is 16.6 Å². The Morgan fingerprint density at radius 3 is 2.42 bits per heavy atom. The first-order valence-electron chi connectivity index (χ1n) is 4.72. The Hall–Kier alpha value is -0.440. The summed E-state index contributed by atoms with van der Waals surface area (Å²) >= 11 is 8.43. The SMILES string of the molecule is Cl.Nc1ccc(Sc2ccc(S(N)(=O)=O)s2)cc1Cl. The Morgan fingerprint density at radius 2 is 1.89 bits per heavy atom. The van der Waals surface area contributed by atoms with Crippen LogP contribution in [0.1, 0.15) is 0 Å². The van der Waals surface area contributed by atoms with Gasteiger partial charge in [0.25, 0.3) is 0 Å². The van der Waals surface area contributed by atoms with E-state index in [1.54, 1.807) is 18.2 Å². The van der Waals surface area contributed by atoms with Gasteiger partial charge in [-0.15, -0.1) is 23.7 Å². The molecular formula is C10H10Cl2N2O2S3. The highest BCUT2D eigenvalue weighted by atomic mass is 35.5. The third-order valence-electron chi connectivity index (χ3n) is 2.03. The van der Waals surface area contributed by atoms with Crippen LogP contribution in [-0.2, 0) is 10.0 Å². The fourth-order valence-electron chi connectivity index (χ4n) is 1.20. The molecule has 0 aliphatic heterocycles. The molecule has 1 aromatic carbocycles. The largest absolute Gasteiger partial charge is 0.398 e. The van der Waals surface area contributed by atoms with Crippen molar-refractivity contribution < 1.29 is 8.42 Å². The summed E-state index contributed by atoms with van der Waals surface area (Å²) in [5.41, 5.74) is 6.12. The third-order valence-corrected chi connectivity index (χ3v) is 6.00. The molecule has 2 aromatic rings. The van der Waals surface area contributed by atoms with Gasteiger partial charge in [-0.1, -0.05) is 23.4 Å². The molecule has 1 heterocycles. The van der Waals surface area contributed by atoms with Crippen molar-refractivity contribution in [3.63, 3.8) is 0 Å². The van der Waals surface area contributed by atoms with Crippen LogP contribution in [0.4, 0.5) is 5.69 Å². The minimum absolute atomic E-state index is 0. The second kappa shape index (κ2) is 6.34. The smallest absolute Gasteiger partial charge is 0.247 e. The maximum absolute atomic E-state index is 11.1. The van der Waals surface area contributed by atoms with Crippen LogP contribution < -0.4 is 10.9 Å². The Kier molecular flexibility index (Phi) is 5.54. The van der Waals surface area contributed by atoms with Crippen molar-refractivity contribution in [2.24, 2.45) is 5.14 Å². The van der Waals surface area contributed by atoms with Crippen LogP contribution in [0.15, 0.2) is 43.6 Å². The molecule has 0 unspecified atom stereocenters. The molecule has 0 saturated carbocycles. The number of halogens is 2. The number of nitrogens with two attached hydrogens (primary N) is 2. The first-order valence-corrected chi connectivity index (χ1v) is 8.27. The molecule has 9 heteroatoms. The van der Waals surface area contributed by atoms with Crippen LogP contribution in [-0.4, -0.2) is 8.42 Å². The zero-order chi connectivity index (χ0) is 13.3. The maximum atomic E-state index is 11.1. The average molecular weight is 357 g/mol. The Labute approximate surface area is 130 Å². The van der Waals surface area contributed by atoms with E-state index in [9.17, 15) is 8.42 Å². The lowest BCUT2D eigenvalue weighted by Crippen LogP contribution is -2.09. The molecule has 0 atom stereocenters. The molecule has 0 aliphatic carbocycles.